The average molecular weight is 818 g/mol. The lowest BCUT2D eigenvalue weighted by molar-refractivity contribution is 0.664. The van der Waals surface area contributed by atoms with E-state index in [1.165, 1.54) is 44.5 Å². The van der Waals surface area contributed by atoms with Crippen molar-refractivity contribution in [1.82, 2.24) is 0 Å². The Bertz CT molecular complexity index is 3660. The topological polar surface area (TPSA) is 29.5 Å². The van der Waals surface area contributed by atoms with Crippen molar-refractivity contribution in [1.29, 1.82) is 0 Å². The molecule has 0 unspecified atom stereocenters. The van der Waals surface area contributed by atoms with Crippen LogP contribution in [0.1, 0.15) is 22.3 Å². The third kappa shape index (κ3) is 5.41. The smallest absolute Gasteiger partial charge is 0.143 e. The van der Waals surface area contributed by atoms with Crippen LogP contribution in [0.4, 0.5) is 17.1 Å². The Morgan fingerprint density at radius 2 is 0.859 bits per heavy atom. The first-order valence-electron chi connectivity index (χ1n) is 21.9. The van der Waals surface area contributed by atoms with Crippen LogP contribution in [0, 0.1) is 0 Å². The summed E-state index contributed by atoms with van der Waals surface area (Å²) >= 11 is 0. The van der Waals surface area contributed by atoms with Gasteiger partial charge in [0.25, 0.3) is 0 Å². The van der Waals surface area contributed by atoms with Crippen molar-refractivity contribution in [3.05, 3.63) is 259 Å². The van der Waals surface area contributed by atoms with Crippen molar-refractivity contribution in [3.63, 3.8) is 0 Å². The molecule has 1 aliphatic rings. The summed E-state index contributed by atoms with van der Waals surface area (Å²) in [7, 11) is 0. The summed E-state index contributed by atoms with van der Waals surface area (Å²) in [6.07, 6.45) is 0. The van der Waals surface area contributed by atoms with Crippen molar-refractivity contribution in [3.8, 4) is 33.4 Å². The molecular weight excluding hydrogens is 779 g/mol. The first-order chi connectivity index (χ1) is 31.7. The number of furan rings is 2. The van der Waals surface area contributed by atoms with Gasteiger partial charge in [-0.25, -0.2) is 0 Å². The van der Waals surface area contributed by atoms with Gasteiger partial charge in [-0.05, 0) is 87.0 Å². The highest BCUT2D eigenvalue weighted by Gasteiger charge is 2.47. The summed E-state index contributed by atoms with van der Waals surface area (Å²) in [6.45, 7) is 0. The molecule has 1 aliphatic carbocycles. The third-order valence-corrected chi connectivity index (χ3v) is 13.4. The number of benzene rings is 10. The van der Waals surface area contributed by atoms with Gasteiger partial charge in [0, 0.05) is 50.1 Å². The van der Waals surface area contributed by atoms with Crippen molar-refractivity contribution >= 4 is 60.9 Å². The number of fused-ring (bicyclic) bond motifs is 9. The predicted molar refractivity (Wildman–Crippen MR) is 264 cm³/mol. The molecule has 12 aromatic rings. The summed E-state index contributed by atoms with van der Waals surface area (Å²) < 4.78 is 13.5. The highest BCUT2D eigenvalue weighted by atomic mass is 16.3. The maximum Gasteiger partial charge on any atom is 0.143 e. The van der Waals surface area contributed by atoms with Gasteiger partial charge in [-0.2, -0.15) is 0 Å². The van der Waals surface area contributed by atoms with Crippen molar-refractivity contribution in [2.24, 2.45) is 0 Å². The van der Waals surface area contributed by atoms with Crippen molar-refractivity contribution < 1.29 is 8.83 Å². The normalized spacial score (nSPS) is 12.8. The Kier molecular flexibility index (Phi) is 8.13. The van der Waals surface area contributed by atoms with Crippen LogP contribution >= 0.6 is 0 Å². The number of hydrogen-bond acceptors (Lipinski definition) is 3. The minimum absolute atomic E-state index is 0.529. The summed E-state index contributed by atoms with van der Waals surface area (Å²) in [4.78, 5) is 2.41. The standard InChI is InChI=1S/C61H39NO2/c1-5-17-40(18-6-1)41-31-33-45(34-32-41)62(55-30-16-29-54-59(55)50-25-13-14-28-53(50)61(54,43-21-9-3-10-22-43)44-23-11-4-12-24-44)46-35-36-48-51-38-58-52(39-57(51)63-56(48)37-46)49-27-15-26-47(60(49)64-58)42-19-7-2-8-20-42/h1-39H. The van der Waals surface area contributed by atoms with Gasteiger partial charge in [0.15, 0.2) is 0 Å². The minimum atomic E-state index is -0.529. The number of para-hydroxylation sites is 1. The molecule has 300 valence electrons. The van der Waals surface area contributed by atoms with Gasteiger partial charge in [0.2, 0.25) is 0 Å². The number of hydrogen-bond donors (Lipinski definition) is 0. The van der Waals surface area contributed by atoms with Crippen LogP contribution in [-0.4, -0.2) is 0 Å². The number of anilines is 3. The SMILES string of the molecule is c1ccc(-c2ccc(N(c3ccc4c(c3)oc3cc5c(cc34)oc3c(-c4ccccc4)cccc35)c3cccc4c3-c3ccccc3C4(c3ccccc3)c3ccccc3)cc2)cc1. The number of rotatable bonds is 7. The van der Waals surface area contributed by atoms with Crippen LogP contribution in [0.15, 0.2) is 245 Å². The Labute approximate surface area is 370 Å². The zero-order valence-corrected chi connectivity index (χ0v) is 34.8. The second-order valence-electron chi connectivity index (χ2n) is 16.8. The minimum Gasteiger partial charge on any atom is -0.456 e. The van der Waals surface area contributed by atoms with E-state index in [2.05, 4.69) is 235 Å². The van der Waals surface area contributed by atoms with E-state index >= 15 is 0 Å². The first-order valence-corrected chi connectivity index (χ1v) is 21.9. The predicted octanol–water partition coefficient (Wildman–Crippen LogP) is 16.7. The fourth-order valence-corrected chi connectivity index (χ4v) is 10.6. The third-order valence-electron chi connectivity index (χ3n) is 13.4. The Morgan fingerprint density at radius 3 is 1.58 bits per heavy atom. The molecule has 0 N–H and O–H groups in total. The second-order valence-corrected chi connectivity index (χ2v) is 16.8. The molecule has 0 spiro atoms. The lowest BCUT2D eigenvalue weighted by Crippen LogP contribution is -2.28. The Morgan fingerprint density at radius 1 is 0.328 bits per heavy atom. The van der Waals surface area contributed by atoms with Gasteiger partial charge in [-0.1, -0.05) is 188 Å². The van der Waals surface area contributed by atoms with E-state index < -0.39 is 5.41 Å². The summed E-state index contributed by atoms with van der Waals surface area (Å²) in [5.41, 5.74) is 18.0. The molecule has 3 heteroatoms. The van der Waals surface area contributed by atoms with Gasteiger partial charge >= 0.3 is 0 Å². The maximum absolute atomic E-state index is 6.86. The molecule has 64 heavy (non-hydrogen) atoms. The lowest BCUT2D eigenvalue weighted by Gasteiger charge is -2.34. The van der Waals surface area contributed by atoms with Crippen molar-refractivity contribution in [2.75, 3.05) is 4.90 Å². The van der Waals surface area contributed by atoms with Gasteiger partial charge in [-0.15, -0.1) is 0 Å². The quantitative estimate of drug-likeness (QED) is 0.160. The van der Waals surface area contributed by atoms with Crippen molar-refractivity contribution in [2.45, 2.75) is 5.41 Å². The fourth-order valence-electron chi connectivity index (χ4n) is 10.6. The molecule has 3 nitrogen and oxygen atoms in total. The first kappa shape index (κ1) is 36.3. The molecule has 0 amide bonds. The fraction of sp³-hybridized carbons (Fsp3) is 0.0164. The molecule has 13 rings (SSSR count). The zero-order chi connectivity index (χ0) is 42.2. The summed E-state index contributed by atoms with van der Waals surface area (Å²) in [6, 6.07) is 85.1. The van der Waals surface area contributed by atoms with Gasteiger partial charge in [-0.3, -0.25) is 0 Å². The van der Waals surface area contributed by atoms with Crippen LogP contribution in [0.3, 0.4) is 0 Å². The Hall–Kier alpha value is -8.40. The number of nitrogens with zero attached hydrogens (tertiary/aromatic N) is 1. The van der Waals surface area contributed by atoms with E-state index in [0.717, 1.165) is 72.1 Å². The van der Waals surface area contributed by atoms with E-state index in [0.29, 0.717) is 0 Å². The van der Waals surface area contributed by atoms with E-state index in [-0.39, 0.29) is 0 Å². The molecule has 0 saturated carbocycles. The molecule has 0 fully saturated rings. The van der Waals surface area contributed by atoms with E-state index in [9.17, 15) is 0 Å². The van der Waals surface area contributed by atoms with Crippen LogP contribution in [-0.2, 0) is 5.41 Å². The van der Waals surface area contributed by atoms with E-state index in [1.54, 1.807) is 0 Å². The molecule has 2 aromatic heterocycles. The molecule has 10 aromatic carbocycles. The maximum atomic E-state index is 6.86. The van der Waals surface area contributed by atoms with E-state index in [1.807, 2.05) is 6.07 Å². The molecule has 2 heterocycles. The largest absolute Gasteiger partial charge is 0.456 e. The monoisotopic (exact) mass is 817 g/mol. The highest BCUT2D eigenvalue weighted by Crippen LogP contribution is 2.59. The van der Waals surface area contributed by atoms with Gasteiger partial charge < -0.3 is 13.7 Å². The van der Waals surface area contributed by atoms with E-state index in [4.69, 9.17) is 8.83 Å². The summed E-state index contributed by atoms with van der Waals surface area (Å²) in [5.74, 6) is 0. The molecular formula is C61H39NO2. The van der Waals surface area contributed by atoms with Crippen LogP contribution in [0.2, 0.25) is 0 Å². The Balaban J connectivity index is 1.03. The van der Waals surface area contributed by atoms with Crippen LogP contribution < -0.4 is 4.90 Å². The lowest BCUT2D eigenvalue weighted by atomic mass is 9.68. The molecule has 0 aliphatic heterocycles. The highest BCUT2D eigenvalue weighted by molar-refractivity contribution is 6.17. The molecule has 0 radical (unpaired) electrons. The molecule has 0 atom stereocenters. The summed E-state index contributed by atoms with van der Waals surface area (Å²) in [5, 5.41) is 4.18. The zero-order valence-electron chi connectivity index (χ0n) is 34.8. The average Bonchev–Trinajstić information content (AvgIpc) is 4.02. The molecule has 0 saturated heterocycles. The molecule has 0 bridgehead atoms. The van der Waals surface area contributed by atoms with Gasteiger partial charge in [0.05, 0.1) is 11.1 Å². The van der Waals surface area contributed by atoms with Crippen LogP contribution in [0.5, 0.6) is 0 Å². The van der Waals surface area contributed by atoms with Crippen LogP contribution in [0.25, 0.3) is 77.3 Å². The second kappa shape index (κ2) is 14.3. The van der Waals surface area contributed by atoms with Gasteiger partial charge in [0.1, 0.15) is 22.3 Å².